The van der Waals surface area contributed by atoms with Crippen LogP contribution in [0, 0.1) is 0 Å². The number of aliphatic hydroxyl groups excluding tert-OH is 2. The zero-order chi connectivity index (χ0) is 18.7. The molecule has 0 unspecified atom stereocenters. The molecule has 0 aromatic heterocycles. The van der Waals surface area contributed by atoms with Gasteiger partial charge in [-0.25, -0.2) is 4.79 Å². The topological polar surface area (TPSA) is 117 Å². The first-order valence-corrected chi connectivity index (χ1v) is 8.95. The molecule has 1 heterocycles. The predicted octanol–water partition coefficient (Wildman–Crippen LogP) is 0.0694. The third-order valence-corrected chi connectivity index (χ3v) is 5.21. The number of methoxy groups -OCH3 is 1. The molecule has 1 saturated heterocycles. The van der Waals surface area contributed by atoms with E-state index in [1.807, 2.05) is 12.1 Å². The van der Waals surface area contributed by atoms with Gasteiger partial charge in [0.05, 0.1) is 25.3 Å². The van der Waals surface area contributed by atoms with E-state index in [0.717, 1.165) is 0 Å². The number of benzene rings is 1. The number of nitrogens with one attached hydrogen (secondary N) is 1. The number of nitrogens with two attached hydrogens (primary N) is 1. The number of aliphatic hydroxyl groups is 2. The minimum atomic E-state index is -0.784. The highest BCUT2D eigenvalue weighted by atomic mass is 16.5. The summed E-state index contributed by atoms with van der Waals surface area (Å²) >= 11 is 0. The van der Waals surface area contributed by atoms with Crippen LogP contribution in [0.3, 0.4) is 0 Å². The number of hydrogen-bond acceptors (Lipinski definition) is 6. The van der Waals surface area contributed by atoms with Crippen LogP contribution in [0.4, 0.5) is 4.79 Å². The van der Waals surface area contributed by atoms with Crippen LogP contribution >= 0.6 is 0 Å². The van der Waals surface area contributed by atoms with Crippen LogP contribution in [-0.2, 0) is 0 Å². The van der Waals surface area contributed by atoms with Crippen molar-refractivity contribution in [2.45, 2.75) is 49.7 Å². The molecule has 1 aliphatic heterocycles. The van der Waals surface area contributed by atoms with Gasteiger partial charge in [0, 0.05) is 25.6 Å². The van der Waals surface area contributed by atoms with Crippen LogP contribution < -0.4 is 20.5 Å². The summed E-state index contributed by atoms with van der Waals surface area (Å²) in [5, 5.41) is 23.4. The van der Waals surface area contributed by atoms with Crippen LogP contribution in [0.5, 0.6) is 11.5 Å². The summed E-state index contributed by atoms with van der Waals surface area (Å²) in [6.07, 6.45) is 0.174. The number of primary amides is 1. The number of carbonyl (C=O) groups is 1. The maximum absolute atomic E-state index is 11.4. The van der Waals surface area contributed by atoms with Gasteiger partial charge in [0.25, 0.3) is 0 Å². The van der Waals surface area contributed by atoms with Crippen molar-refractivity contribution in [3.05, 3.63) is 24.3 Å². The third kappa shape index (κ3) is 4.20. The molecule has 8 nitrogen and oxygen atoms in total. The molecule has 0 radical (unpaired) electrons. The van der Waals surface area contributed by atoms with E-state index in [1.54, 1.807) is 19.2 Å². The Morgan fingerprint density at radius 3 is 2.62 bits per heavy atom. The van der Waals surface area contributed by atoms with Gasteiger partial charge in [-0.2, -0.15) is 0 Å². The maximum Gasteiger partial charge on any atom is 0.312 e. The van der Waals surface area contributed by atoms with E-state index < -0.39 is 18.2 Å². The Bertz CT molecular complexity index is 621. The van der Waals surface area contributed by atoms with Gasteiger partial charge in [-0.15, -0.1) is 0 Å². The molecular weight excluding hydrogens is 338 g/mol. The Labute approximate surface area is 152 Å². The minimum absolute atomic E-state index is 0.300. The number of ether oxygens (including phenoxy) is 2. The van der Waals surface area contributed by atoms with Crippen molar-refractivity contribution in [1.82, 2.24) is 10.2 Å². The van der Waals surface area contributed by atoms with Crippen molar-refractivity contribution in [2.75, 3.05) is 20.2 Å². The van der Waals surface area contributed by atoms with Gasteiger partial charge in [0.1, 0.15) is 23.7 Å². The van der Waals surface area contributed by atoms with E-state index in [0.29, 0.717) is 43.9 Å². The van der Waals surface area contributed by atoms with Crippen LogP contribution in [0.2, 0.25) is 0 Å². The number of piperidine rings is 1. The van der Waals surface area contributed by atoms with Gasteiger partial charge in [0.2, 0.25) is 0 Å². The largest absolute Gasteiger partial charge is 0.497 e. The van der Waals surface area contributed by atoms with Crippen LogP contribution in [0.15, 0.2) is 24.3 Å². The fraction of sp³-hybridized carbons (Fsp3) is 0.611. The van der Waals surface area contributed by atoms with Crippen LogP contribution in [0.25, 0.3) is 0 Å². The Kier molecular flexibility index (Phi) is 5.85. The highest BCUT2D eigenvalue weighted by molar-refractivity contribution is 5.72. The van der Waals surface area contributed by atoms with Crippen molar-refractivity contribution < 1.29 is 24.5 Å². The van der Waals surface area contributed by atoms with Gasteiger partial charge in [0.15, 0.2) is 0 Å². The zero-order valence-corrected chi connectivity index (χ0v) is 14.9. The molecule has 26 heavy (non-hydrogen) atoms. The fourth-order valence-corrected chi connectivity index (χ4v) is 3.94. The van der Waals surface area contributed by atoms with E-state index in [-0.39, 0.29) is 18.2 Å². The quantitative estimate of drug-likeness (QED) is 0.587. The van der Waals surface area contributed by atoms with E-state index in [9.17, 15) is 15.0 Å². The normalized spacial score (nSPS) is 30.1. The summed E-state index contributed by atoms with van der Waals surface area (Å²) in [5.41, 5.74) is 5.32. The van der Waals surface area contributed by atoms with Crippen molar-refractivity contribution in [2.24, 2.45) is 5.73 Å². The standard InChI is InChI=1S/C18H27N3O5/c1-25-12-3-2-4-13(9-12)26-15-10-14(20-18(19)24)16(17(15)23)21-7-5-11(22)6-8-21/h2-4,9,11,14-17,22-23H,5-8,10H2,1H3,(H3,19,20,24)/t14-,15-,16+,17+/m1/s1. The van der Waals surface area contributed by atoms with Crippen molar-refractivity contribution >= 4 is 6.03 Å². The van der Waals surface area contributed by atoms with Crippen molar-refractivity contribution in [1.29, 1.82) is 0 Å². The van der Waals surface area contributed by atoms with Gasteiger partial charge in [-0.1, -0.05) is 6.07 Å². The Morgan fingerprint density at radius 2 is 1.96 bits per heavy atom. The van der Waals surface area contributed by atoms with Crippen LogP contribution in [-0.4, -0.2) is 71.7 Å². The Balaban J connectivity index is 1.74. The lowest BCUT2D eigenvalue weighted by molar-refractivity contribution is -0.0141. The number of amides is 2. The zero-order valence-electron chi connectivity index (χ0n) is 14.9. The number of carbonyl (C=O) groups excluding carboxylic acids is 1. The maximum atomic E-state index is 11.4. The van der Waals surface area contributed by atoms with Crippen molar-refractivity contribution in [3.8, 4) is 11.5 Å². The monoisotopic (exact) mass is 365 g/mol. The first kappa shape index (κ1) is 18.8. The number of urea groups is 1. The van der Waals surface area contributed by atoms with E-state index >= 15 is 0 Å². The number of rotatable bonds is 5. The summed E-state index contributed by atoms with van der Waals surface area (Å²) < 4.78 is 11.2. The molecule has 8 heteroatoms. The summed E-state index contributed by atoms with van der Waals surface area (Å²) in [4.78, 5) is 13.5. The lowest BCUT2D eigenvalue weighted by Gasteiger charge is -2.38. The summed E-state index contributed by atoms with van der Waals surface area (Å²) in [7, 11) is 1.58. The molecule has 144 valence electrons. The molecule has 2 fully saturated rings. The highest BCUT2D eigenvalue weighted by Gasteiger charge is 2.47. The summed E-state index contributed by atoms with van der Waals surface area (Å²) in [6, 6.07) is 5.96. The van der Waals surface area contributed by atoms with E-state index in [4.69, 9.17) is 15.2 Å². The van der Waals surface area contributed by atoms with Gasteiger partial charge >= 0.3 is 6.03 Å². The second-order valence-corrected chi connectivity index (χ2v) is 6.93. The predicted molar refractivity (Wildman–Crippen MR) is 95.1 cm³/mol. The molecule has 1 saturated carbocycles. The lowest BCUT2D eigenvalue weighted by atomic mass is 10.0. The van der Waals surface area contributed by atoms with Crippen molar-refractivity contribution in [3.63, 3.8) is 0 Å². The SMILES string of the molecule is COc1cccc(O[C@@H]2C[C@@H](NC(N)=O)[C@H](N3CCC(O)CC3)[C@H]2O)c1. The fourth-order valence-electron chi connectivity index (χ4n) is 3.94. The molecule has 4 atom stereocenters. The van der Waals surface area contributed by atoms with Gasteiger partial charge < -0.3 is 30.7 Å². The smallest absolute Gasteiger partial charge is 0.312 e. The van der Waals surface area contributed by atoms with Gasteiger partial charge in [-0.05, 0) is 25.0 Å². The molecule has 0 spiro atoms. The van der Waals surface area contributed by atoms with Crippen LogP contribution in [0.1, 0.15) is 19.3 Å². The first-order valence-electron chi connectivity index (χ1n) is 8.95. The van der Waals surface area contributed by atoms with Gasteiger partial charge in [-0.3, -0.25) is 4.90 Å². The second kappa shape index (κ2) is 8.11. The first-order chi connectivity index (χ1) is 12.5. The molecule has 1 aromatic rings. The van der Waals surface area contributed by atoms with E-state index in [1.165, 1.54) is 0 Å². The highest BCUT2D eigenvalue weighted by Crippen LogP contribution is 2.31. The Morgan fingerprint density at radius 1 is 1.27 bits per heavy atom. The molecule has 1 aliphatic carbocycles. The molecular formula is C18H27N3O5. The average molecular weight is 365 g/mol. The summed E-state index contributed by atoms with van der Waals surface area (Å²) in [6.45, 7) is 1.32. The molecule has 5 N–H and O–H groups in total. The molecule has 2 amide bonds. The molecule has 0 bridgehead atoms. The summed E-state index contributed by atoms with van der Waals surface area (Å²) in [5.74, 6) is 1.27. The lowest BCUT2D eigenvalue weighted by Crippen LogP contribution is -2.56. The van der Waals surface area contributed by atoms with E-state index in [2.05, 4.69) is 10.2 Å². The second-order valence-electron chi connectivity index (χ2n) is 6.93. The number of hydrogen-bond donors (Lipinski definition) is 4. The minimum Gasteiger partial charge on any atom is -0.497 e. The molecule has 1 aromatic carbocycles. The molecule has 3 rings (SSSR count). The number of likely N-dealkylation sites (tertiary alicyclic amines) is 1. The number of nitrogens with zero attached hydrogens (tertiary/aromatic N) is 1. The molecule has 2 aliphatic rings. The average Bonchev–Trinajstić information content (AvgIpc) is 2.90. The third-order valence-electron chi connectivity index (χ3n) is 5.21. The Hall–Kier alpha value is -2.03.